The molecule has 2 fully saturated rings. The molecule has 0 atom stereocenters. The maximum Gasteiger partial charge on any atom is 0.320 e. The van der Waals surface area contributed by atoms with Gasteiger partial charge in [-0.1, -0.05) is 28.4 Å². The first-order valence-corrected chi connectivity index (χ1v) is 14.7. The van der Waals surface area contributed by atoms with Gasteiger partial charge in [-0.25, -0.2) is 9.97 Å². The number of hydrogen-bond donors (Lipinski definition) is 2. The van der Waals surface area contributed by atoms with Crippen LogP contribution in [0.5, 0.6) is 5.75 Å². The van der Waals surface area contributed by atoms with Crippen LogP contribution in [0.2, 0.25) is 0 Å². The van der Waals surface area contributed by atoms with Gasteiger partial charge in [-0.3, -0.25) is 9.69 Å². The molecule has 10 heteroatoms. The number of aromatic nitrogens is 2. The number of nitrogens with zero attached hydrogens (tertiary/aromatic N) is 4. The lowest BCUT2D eigenvalue weighted by Gasteiger charge is -2.34. The highest BCUT2D eigenvalue weighted by atomic mass is 79.9. The first-order chi connectivity index (χ1) is 19.0. The van der Waals surface area contributed by atoms with E-state index in [2.05, 4.69) is 41.0 Å². The fraction of sp³-hybridized carbons (Fsp3) is 0.483. The van der Waals surface area contributed by atoms with Gasteiger partial charge in [0.25, 0.3) is 0 Å². The number of rotatable bonds is 10. The van der Waals surface area contributed by atoms with Crippen molar-refractivity contribution in [3.8, 4) is 5.75 Å². The van der Waals surface area contributed by atoms with Crippen LogP contribution < -0.4 is 15.8 Å². The highest BCUT2D eigenvalue weighted by Crippen LogP contribution is 2.32. The zero-order chi connectivity index (χ0) is 27.0. The van der Waals surface area contributed by atoms with E-state index in [0.717, 1.165) is 73.0 Å². The molecule has 1 aromatic heterocycles. The molecular formula is C29H37BrN6O3. The second-order valence-electron chi connectivity index (χ2n) is 10.3. The number of hydrogen-bond acceptors (Lipinski definition) is 9. The van der Waals surface area contributed by atoms with Gasteiger partial charge in [-0.05, 0) is 56.4 Å². The van der Waals surface area contributed by atoms with Gasteiger partial charge in [-0.15, -0.1) is 0 Å². The van der Waals surface area contributed by atoms with E-state index in [1.807, 2.05) is 36.4 Å². The van der Waals surface area contributed by atoms with Gasteiger partial charge in [-0.2, -0.15) is 0 Å². The molecule has 0 spiro atoms. The molecule has 1 aliphatic carbocycles. The minimum absolute atomic E-state index is 0.0713. The monoisotopic (exact) mass is 596 g/mol. The third kappa shape index (κ3) is 7.80. The first kappa shape index (κ1) is 27.6. The molecule has 3 aromatic rings. The Kier molecular flexibility index (Phi) is 9.49. The number of nitrogens with two attached hydrogens (primary N) is 1. The van der Waals surface area contributed by atoms with E-state index < -0.39 is 0 Å². The normalized spacial score (nSPS) is 17.3. The number of fused-ring (bicyclic) bond motifs is 1. The molecule has 1 saturated heterocycles. The molecule has 1 saturated carbocycles. The van der Waals surface area contributed by atoms with Crippen molar-refractivity contribution in [3.05, 3.63) is 47.2 Å². The van der Waals surface area contributed by atoms with Crippen molar-refractivity contribution >= 4 is 50.0 Å². The Morgan fingerprint density at radius 1 is 1.05 bits per heavy atom. The van der Waals surface area contributed by atoms with E-state index >= 15 is 0 Å². The van der Waals surface area contributed by atoms with E-state index in [1.54, 1.807) is 0 Å². The van der Waals surface area contributed by atoms with Gasteiger partial charge in [0.2, 0.25) is 0 Å². The van der Waals surface area contributed by atoms with E-state index in [0.29, 0.717) is 30.4 Å². The Bertz CT molecular complexity index is 1260. The number of piperazine rings is 1. The Balaban J connectivity index is 1.05. The number of carbonyl (C=O) groups is 1. The van der Waals surface area contributed by atoms with Crippen LogP contribution in [0.1, 0.15) is 38.5 Å². The summed E-state index contributed by atoms with van der Waals surface area (Å²) in [5.74, 6) is 1.26. The van der Waals surface area contributed by atoms with Crippen LogP contribution in [0, 0.1) is 0 Å². The Morgan fingerprint density at radius 3 is 2.64 bits per heavy atom. The standard InChI is InChI=1S/C29H37BrN6O3/c30-21-6-4-7-22(16-21)34-29-24-17-25(31)27(18-26(24)32-20-33-29)38-15-5-10-35-11-13-36(14-12-35)19-28(37)39-23-8-2-1-3-9-23/h4,6-7,16-18,20,23H,1-3,5,8-15,19,31H2,(H,32,33,34). The molecule has 2 heterocycles. The third-order valence-corrected chi connectivity index (χ3v) is 7.89. The summed E-state index contributed by atoms with van der Waals surface area (Å²) < 4.78 is 12.7. The van der Waals surface area contributed by atoms with Crippen molar-refractivity contribution in [2.24, 2.45) is 0 Å². The molecule has 1 aliphatic heterocycles. The number of halogens is 1. The number of anilines is 3. The zero-order valence-corrected chi connectivity index (χ0v) is 23.9. The molecule has 3 N–H and O–H groups in total. The van der Waals surface area contributed by atoms with E-state index in [1.165, 1.54) is 25.6 Å². The molecule has 208 valence electrons. The molecule has 0 amide bonds. The van der Waals surface area contributed by atoms with Gasteiger partial charge in [0.15, 0.2) is 0 Å². The minimum atomic E-state index is -0.0713. The van der Waals surface area contributed by atoms with Crippen molar-refractivity contribution in [3.63, 3.8) is 0 Å². The molecule has 0 unspecified atom stereocenters. The van der Waals surface area contributed by atoms with E-state index in [9.17, 15) is 4.79 Å². The largest absolute Gasteiger partial charge is 0.491 e. The number of ether oxygens (including phenoxy) is 2. The molecule has 2 aliphatic rings. The Morgan fingerprint density at radius 2 is 1.85 bits per heavy atom. The second-order valence-corrected chi connectivity index (χ2v) is 11.3. The molecule has 39 heavy (non-hydrogen) atoms. The third-order valence-electron chi connectivity index (χ3n) is 7.40. The first-order valence-electron chi connectivity index (χ1n) is 13.9. The van der Waals surface area contributed by atoms with Gasteiger partial charge in [0.05, 0.1) is 24.4 Å². The second kappa shape index (κ2) is 13.4. The maximum atomic E-state index is 12.3. The lowest BCUT2D eigenvalue weighted by atomic mass is 9.98. The quantitative estimate of drug-likeness (QED) is 0.190. The average molecular weight is 598 g/mol. The van der Waals surface area contributed by atoms with E-state index in [-0.39, 0.29) is 12.1 Å². The summed E-state index contributed by atoms with van der Waals surface area (Å²) in [7, 11) is 0. The minimum Gasteiger partial charge on any atom is -0.491 e. The maximum absolute atomic E-state index is 12.3. The zero-order valence-electron chi connectivity index (χ0n) is 22.3. The van der Waals surface area contributed by atoms with Crippen molar-refractivity contribution in [2.45, 2.75) is 44.6 Å². The molecule has 0 radical (unpaired) electrons. The SMILES string of the molecule is Nc1cc2c(Nc3cccc(Br)c3)ncnc2cc1OCCCN1CCN(CC(=O)OC2CCCCC2)CC1. The van der Waals surface area contributed by atoms with Crippen LogP contribution in [0.25, 0.3) is 10.9 Å². The van der Waals surface area contributed by atoms with Crippen molar-refractivity contribution in [1.82, 2.24) is 19.8 Å². The van der Waals surface area contributed by atoms with Crippen LogP contribution in [0.3, 0.4) is 0 Å². The highest BCUT2D eigenvalue weighted by Gasteiger charge is 2.22. The smallest absolute Gasteiger partial charge is 0.320 e. The number of carbonyl (C=O) groups excluding carboxylic acids is 1. The van der Waals surface area contributed by atoms with E-state index in [4.69, 9.17) is 15.2 Å². The summed E-state index contributed by atoms with van der Waals surface area (Å²) in [5, 5.41) is 4.18. The van der Waals surface area contributed by atoms with Crippen molar-refractivity contribution in [1.29, 1.82) is 0 Å². The predicted molar refractivity (Wildman–Crippen MR) is 157 cm³/mol. The topological polar surface area (TPSA) is 106 Å². The lowest BCUT2D eigenvalue weighted by molar-refractivity contribution is -0.152. The Hall–Kier alpha value is -2.95. The van der Waals surface area contributed by atoms with Crippen LogP contribution in [0.4, 0.5) is 17.2 Å². The molecule has 2 aromatic carbocycles. The summed E-state index contributed by atoms with van der Waals surface area (Å²) in [6.45, 7) is 5.56. The number of nitrogen functional groups attached to an aromatic ring is 1. The number of esters is 1. The Labute approximate surface area is 238 Å². The summed E-state index contributed by atoms with van der Waals surface area (Å²) in [4.78, 5) is 25.8. The fourth-order valence-corrected chi connectivity index (χ4v) is 5.66. The van der Waals surface area contributed by atoms with Gasteiger partial charge >= 0.3 is 5.97 Å². The van der Waals surface area contributed by atoms with Crippen molar-refractivity contribution in [2.75, 3.05) is 56.9 Å². The number of benzene rings is 2. The lowest BCUT2D eigenvalue weighted by Crippen LogP contribution is -2.48. The fourth-order valence-electron chi connectivity index (χ4n) is 5.26. The summed E-state index contributed by atoms with van der Waals surface area (Å²) in [6.07, 6.45) is 8.21. The summed E-state index contributed by atoms with van der Waals surface area (Å²) in [6, 6.07) is 11.6. The van der Waals surface area contributed by atoms with Gasteiger partial charge in [0, 0.05) is 54.3 Å². The summed E-state index contributed by atoms with van der Waals surface area (Å²) >= 11 is 3.50. The van der Waals surface area contributed by atoms with Crippen LogP contribution in [-0.4, -0.2) is 77.7 Å². The highest BCUT2D eigenvalue weighted by molar-refractivity contribution is 9.10. The van der Waals surface area contributed by atoms with Gasteiger partial charge in [0.1, 0.15) is 24.0 Å². The molecular weight excluding hydrogens is 560 g/mol. The van der Waals surface area contributed by atoms with Crippen LogP contribution in [0.15, 0.2) is 47.2 Å². The number of nitrogens with one attached hydrogen (secondary N) is 1. The van der Waals surface area contributed by atoms with Crippen LogP contribution >= 0.6 is 15.9 Å². The average Bonchev–Trinajstić information content (AvgIpc) is 2.93. The predicted octanol–water partition coefficient (Wildman–Crippen LogP) is 4.98. The summed E-state index contributed by atoms with van der Waals surface area (Å²) in [5.41, 5.74) is 8.59. The molecule has 9 nitrogen and oxygen atoms in total. The van der Waals surface area contributed by atoms with Gasteiger partial charge < -0.3 is 25.4 Å². The molecule has 5 rings (SSSR count). The van der Waals surface area contributed by atoms with Crippen LogP contribution in [-0.2, 0) is 9.53 Å². The van der Waals surface area contributed by atoms with Crippen molar-refractivity contribution < 1.29 is 14.3 Å². The molecule has 0 bridgehead atoms.